The van der Waals surface area contributed by atoms with E-state index >= 15 is 0 Å². The summed E-state index contributed by atoms with van der Waals surface area (Å²) in [4.78, 5) is 13.1. The van der Waals surface area contributed by atoms with Crippen molar-refractivity contribution < 1.29 is 23.0 Å². The Morgan fingerprint density at radius 1 is 0.892 bits per heavy atom. The summed E-state index contributed by atoms with van der Waals surface area (Å²) in [7, 11) is 0. The highest BCUT2D eigenvalue weighted by atomic mass is 19.1. The summed E-state index contributed by atoms with van der Waals surface area (Å²) in [6.07, 6.45) is 3.16. The summed E-state index contributed by atoms with van der Waals surface area (Å²) in [6, 6.07) is 13.1. The lowest BCUT2D eigenvalue weighted by Crippen LogP contribution is -2.40. The summed E-state index contributed by atoms with van der Waals surface area (Å²) in [5.41, 5.74) is 17.9. The standard InChI is InChI=1S/C27H29F2N5O3/c28-23-9-15(14-30)10-24(29)25(23)37-22-12-17(27(35)34-19-5-3-18(31)4-6-19)11-21(13-22)36-20-7-1-16(2-8-20)26(32)33/h1-2,7-13,18-19H,3-6,14,30-31H2,(H3,32,33)(H,34,35). The number of nitrogens with two attached hydrogens (primary N) is 3. The van der Waals surface area contributed by atoms with E-state index in [4.69, 9.17) is 32.1 Å². The van der Waals surface area contributed by atoms with E-state index in [1.54, 1.807) is 24.3 Å². The number of carbonyl (C=O) groups excluding carboxylic acids is 1. The van der Waals surface area contributed by atoms with Crippen LogP contribution >= 0.6 is 0 Å². The maximum absolute atomic E-state index is 14.6. The highest BCUT2D eigenvalue weighted by Crippen LogP contribution is 2.33. The van der Waals surface area contributed by atoms with Gasteiger partial charge >= 0.3 is 0 Å². The third-order valence-corrected chi connectivity index (χ3v) is 6.16. The van der Waals surface area contributed by atoms with Crippen molar-refractivity contribution in [2.45, 2.75) is 44.3 Å². The van der Waals surface area contributed by atoms with Gasteiger partial charge in [0.2, 0.25) is 0 Å². The molecule has 10 heteroatoms. The van der Waals surface area contributed by atoms with Crippen LogP contribution in [0, 0.1) is 17.0 Å². The van der Waals surface area contributed by atoms with Gasteiger partial charge in [-0.05, 0) is 79.8 Å². The lowest BCUT2D eigenvalue weighted by Gasteiger charge is -2.26. The first-order valence-electron chi connectivity index (χ1n) is 11.9. The van der Waals surface area contributed by atoms with Crippen LogP contribution in [0.4, 0.5) is 8.78 Å². The zero-order chi connectivity index (χ0) is 26.5. The van der Waals surface area contributed by atoms with Crippen LogP contribution in [0.1, 0.15) is 47.2 Å². The highest BCUT2D eigenvalue weighted by molar-refractivity contribution is 5.95. The molecule has 8 nitrogen and oxygen atoms in total. The summed E-state index contributed by atoms with van der Waals surface area (Å²) in [6.45, 7) is -0.0315. The van der Waals surface area contributed by atoms with Crippen molar-refractivity contribution in [1.29, 1.82) is 5.41 Å². The van der Waals surface area contributed by atoms with E-state index in [0.29, 0.717) is 11.3 Å². The minimum atomic E-state index is -0.920. The fourth-order valence-corrected chi connectivity index (χ4v) is 4.14. The number of nitrogen functional groups attached to an aromatic ring is 1. The molecular weight excluding hydrogens is 480 g/mol. The van der Waals surface area contributed by atoms with Crippen LogP contribution in [0.25, 0.3) is 0 Å². The Kier molecular flexibility index (Phi) is 8.00. The molecule has 0 heterocycles. The number of carbonyl (C=O) groups is 1. The van der Waals surface area contributed by atoms with Gasteiger partial charge in [0.1, 0.15) is 23.1 Å². The first-order valence-corrected chi connectivity index (χ1v) is 11.9. The highest BCUT2D eigenvalue weighted by Gasteiger charge is 2.22. The van der Waals surface area contributed by atoms with Gasteiger partial charge in [0.25, 0.3) is 5.91 Å². The summed E-state index contributed by atoms with van der Waals surface area (Å²) >= 11 is 0. The molecule has 0 bridgehead atoms. The molecule has 0 radical (unpaired) electrons. The van der Waals surface area contributed by atoms with Gasteiger partial charge < -0.3 is 32.0 Å². The second-order valence-corrected chi connectivity index (χ2v) is 9.01. The Morgan fingerprint density at radius 3 is 2.05 bits per heavy atom. The largest absolute Gasteiger partial charge is 0.457 e. The lowest BCUT2D eigenvalue weighted by atomic mass is 9.91. The molecule has 1 saturated carbocycles. The number of hydrogen-bond acceptors (Lipinski definition) is 6. The molecule has 1 fully saturated rings. The van der Waals surface area contributed by atoms with Crippen LogP contribution in [0.3, 0.4) is 0 Å². The number of amides is 1. The van der Waals surface area contributed by atoms with Crippen molar-refractivity contribution in [2.24, 2.45) is 17.2 Å². The fraction of sp³-hybridized carbons (Fsp3) is 0.259. The molecule has 0 atom stereocenters. The molecule has 0 spiro atoms. The maximum atomic E-state index is 14.6. The van der Waals surface area contributed by atoms with Gasteiger partial charge in [-0.15, -0.1) is 0 Å². The third kappa shape index (κ3) is 6.60. The molecule has 1 aliphatic rings. The van der Waals surface area contributed by atoms with E-state index < -0.39 is 17.4 Å². The van der Waals surface area contributed by atoms with Gasteiger partial charge in [-0.25, -0.2) is 8.78 Å². The zero-order valence-electron chi connectivity index (χ0n) is 20.1. The molecule has 37 heavy (non-hydrogen) atoms. The smallest absolute Gasteiger partial charge is 0.251 e. The van der Waals surface area contributed by atoms with Crippen molar-refractivity contribution in [3.8, 4) is 23.0 Å². The normalized spacial score (nSPS) is 17.2. The van der Waals surface area contributed by atoms with E-state index in [9.17, 15) is 13.6 Å². The zero-order valence-corrected chi connectivity index (χ0v) is 20.1. The molecular formula is C27H29F2N5O3. The Bertz CT molecular complexity index is 1270. The van der Waals surface area contributed by atoms with E-state index in [0.717, 1.165) is 37.8 Å². The van der Waals surface area contributed by atoms with E-state index in [1.807, 2.05) is 0 Å². The van der Waals surface area contributed by atoms with Crippen molar-refractivity contribution in [1.82, 2.24) is 5.32 Å². The Balaban J connectivity index is 1.63. The first kappa shape index (κ1) is 26.1. The molecule has 0 unspecified atom stereocenters. The molecule has 4 rings (SSSR count). The third-order valence-electron chi connectivity index (χ3n) is 6.16. The van der Waals surface area contributed by atoms with E-state index in [-0.39, 0.29) is 53.0 Å². The fourth-order valence-electron chi connectivity index (χ4n) is 4.14. The molecule has 1 amide bonds. The van der Waals surface area contributed by atoms with Crippen molar-refractivity contribution in [2.75, 3.05) is 0 Å². The number of ether oxygens (including phenoxy) is 2. The van der Waals surface area contributed by atoms with Crippen LogP contribution in [0.15, 0.2) is 54.6 Å². The lowest BCUT2D eigenvalue weighted by molar-refractivity contribution is 0.0925. The Morgan fingerprint density at radius 2 is 1.49 bits per heavy atom. The average molecular weight is 510 g/mol. The molecule has 1 aliphatic carbocycles. The van der Waals surface area contributed by atoms with Gasteiger partial charge in [-0.1, -0.05) is 0 Å². The molecule has 194 valence electrons. The van der Waals surface area contributed by atoms with Gasteiger partial charge in [-0.3, -0.25) is 10.2 Å². The van der Waals surface area contributed by atoms with Crippen LogP contribution < -0.4 is 32.0 Å². The van der Waals surface area contributed by atoms with E-state index in [1.165, 1.54) is 18.2 Å². The van der Waals surface area contributed by atoms with Crippen LogP contribution in [0.5, 0.6) is 23.0 Å². The first-order chi connectivity index (χ1) is 17.7. The number of halogens is 2. The Labute approximate surface area is 213 Å². The van der Waals surface area contributed by atoms with Gasteiger partial charge in [0.05, 0.1) is 0 Å². The molecule has 3 aromatic carbocycles. The molecule has 0 aliphatic heterocycles. The second kappa shape index (κ2) is 11.4. The van der Waals surface area contributed by atoms with Crippen molar-refractivity contribution >= 4 is 11.7 Å². The molecule has 0 saturated heterocycles. The van der Waals surface area contributed by atoms with Crippen molar-refractivity contribution in [3.63, 3.8) is 0 Å². The second-order valence-electron chi connectivity index (χ2n) is 9.01. The molecule has 0 aromatic heterocycles. The minimum Gasteiger partial charge on any atom is -0.457 e. The number of nitrogens with one attached hydrogen (secondary N) is 2. The van der Waals surface area contributed by atoms with Gasteiger partial charge in [0.15, 0.2) is 17.4 Å². The van der Waals surface area contributed by atoms with Gasteiger partial charge in [-0.2, -0.15) is 0 Å². The van der Waals surface area contributed by atoms with Crippen LogP contribution in [0.2, 0.25) is 0 Å². The van der Waals surface area contributed by atoms with Crippen LogP contribution in [-0.2, 0) is 6.54 Å². The Hall–Kier alpha value is -4.02. The maximum Gasteiger partial charge on any atom is 0.251 e. The predicted molar refractivity (Wildman–Crippen MR) is 136 cm³/mol. The van der Waals surface area contributed by atoms with E-state index in [2.05, 4.69) is 5.32 Å². The number of amidine groups is 1. The number of benzene rings is 3. The molecule has 3 aromatic rings. The summed E-state index contributed by atoms with van der Waals surface area (Å²) in [5, 5.41) is 10.5. The van der Waals surface area contributed by atoms with Crippen molar-refractivity contribution in [3.05, 3.63) is 82.9 Å². The number of hydrogen-bond donors (Lipinski definition) is 5. The minimum absolute atomic E-state index is 0.00645. The topological polar surface area (TPSA) is 149 Å². The quantitative estimate of drug-likeness (QED) is 0.226. The SMILES string of the molecule is N=C(N)c1ccc(Oc2cc(Oc3c(F)cc(CN)cc3F)cc(C(=O)NC3CCC(N)CC3)c2)cc1. The number of rotatable bonds is 8. The summed E-state index contributed by atoms with van der Waals surface area (Å²) < 4.78 is 40.6. The predicted octanol–water partition coefficient (Wildman–Crippen LogP) is 4.29. The van der Waals surface area contributed by atoms with Gasteiger partial charge in [0, 0.05) is 35.8 Å². The van der Waals surface area contributed by atoms with Crippen LogP contribution in [-0.4, -0.2) is 23.8 Å². The monoisotopic (exact) mass is 509 g/mol. The average Bonchev–Trinajstić information content (AvgIpc) is 2.87. The molecule has 8 N–H and O–H groups in total. The summed E-state index contributed by atoms with van der Waals surface area (Å²) in [5.74, 6) is -2.30.